The van der Waals surface area contributed by atoms with Crippen molar-refractivity contribution in [3.8, 4) is 0 Å². The number of methoxy groups -OCH3 is 2. The maximum atomic E-state index is 13.2. The lowest BCUT2D eigenvalue weighted by molar-refractivity contribution is -0.376. The molecule has 0 aromatic heterocycles. The molecule has 2 rings (SSSR count). The molecular formula is C19H15F6NO5. The molecule has 1 N–H and O–H groups in total. The minimum atomic E-state index is -6.10. The van der Waals surface area contributed by atoms with Crippen molar-refractivity contribution in [3.63, 3.8) is 0 Å². The molecule has 0 saturated heterocycles. The van der Waals surface area contributed by atoms with Crippen LogP contribution in [0.15, 0.2) is 60.0 Å². The molecule has 0 radical (unpaired) electrons. The van der Waals surface area contributed by atoms with Crippen molar-refractivity contribution < 1.29 is 50.5 Å². The van der Waals surface area contributed by atoms with Crippen molar-refractivity contribution >= 4 is 17.6 Å². The third kappa shape index (κ3) is 4.29. The Morgan fingerprint density at radius 2 is 1.52 bits per heavy atom. The largest absolute Gasteiger partial charge is 0.465 e. The molecule has 0 fully saturated rings. The van der Waals surface area contributed by atoms with E-state index in [0.29, 0.717) is 12.1 Å². The first kappa shape index (κ1) is 24.0. The number of benzene rings is 1. The van der Waals surface area contributed by atoms with Crippen molar-refractivity contribution in [1.82, 2.24) is 0 Å². The van der Waals surface area contributed by atoms with Gasteiger partial charge in [0.1, 0.15) is 5.70 Å². The third-order valence-electron chi connectivity index (χ3n) is 4.25. The Labute approximate surface area is 171 Å². The highest BCUT2D eigenvalue weighted by Crippen LogP contribution is 2.50. The van der Waals surface area contributed by atoms with Gasteiger partial charge in [-0.1, -0.05) is 18.2 Å². The Bertz CT molecular complexity index is 947. The van der Waals surface area contributed by atoms with Gasteiger partial charge < -0.3 is 19.5 Å². The summed E-state index contributed by atoms with van der Waals surface area (Å²) in [6.45, 7) is 0. The Morgan fingerprint density at radius 1 is 0.935 bits per heavy atom. The molecule has 0 spiro atoms. The quantitative estimate of drug-likeness (QED) is 0.558. The minimum Gasteiger partial charge on any atom is -0.465 e. The highest BCUT2D eigenvalue weighted by Gasteiger charge is 2.71. The van der Waals surface area contributed by atoms with Crippen LogP contribution in [-0.2, 0) is 24.7 Å². The van der Waals surface area contributed by atoms with E-state index in [-0.39, 0.29) is 5.57 Å². The summed E-state index contributed by atoms with van der Waals surface area (Å²) in [5.74, 6) is -2.13. The normalized spacial score (nSPS) is 15.1. The molecule has 1 aliphatic heterocycles. The van der Waals surface area contributed by atoms with Gasteiger partial charge >= 0.3 is 24.3 Å². The summed E-state index contributed by atoms with van der Waals surface area (Å²) in [5, 5.41) is 9.66. The molecule has 1 aliphatic rings. The molecule has 31 heavy (non-hydrogen) atoms. The number of carbonyl (C=O) groups is 2. The molecule has 1 aromatic carbocycles. The summed E-state index contributed by atoms with van der Waals surface area (Å²) in [6.07, 6.45) is -7.37. The second-order valence-corrected chi connectivity index (χ2v) is 6.07. The van der Waals surface area contributed by atoms with Crippen LogP contribution in [0.4, 0.5) is 32.0 Å². The zero-order valence-electron chi connectivity index (χ0n) is 15.9. The van der Waals surface area contributed by atoms with E-state index in [1.54, 1.807) is 0 Å². The molecule has 0 saturated carbocycles. The summed E-state index contributed by atoms with van der Waals surface area (Å²) in [7, 11) is 1.97. The fourth-order valence-electron chi connectivity index (χ4n) is 2.73. The van der Waals surface area contributed by atoms with E-state index in [1.165, 1.54) is 12.2 Å². The lowest BCUT2D eigenvalue weighted by Crippen LogP contribution is -2.53. The SMILES string of the molecule is COC(=O)C1=C(C(=O)OC)N(c2cccc(C(O)(C(F)(F)F)C(F)(F)F)c2)C=CC=C1. The van der Waals surface area contributed by atoms with Crippen LogP contribution in [0.5, 0.6) is 0 Å². The van der Waals surface area contributed by atoms with E-state index < -0.39 is 46.8 Å². The van der Waals surface area contributed by atoms with Gasteiger partial charge in [-0.2, -0.15) is 26.3 Å². The Morgan fingerprint density at radius 3 is 2.03 bits per heavy atom. The average Bonchev–Trinajstić information content (AvgIpc) is 2.93. The van der Waals surface area contributed by atoms with Crippen molar-refractivity contribution in [2.75, 3.05) is 19.1 Å². The molecule has 168 valence electrons. The summed E-state index contributed by atoms with van der Waals surface area (Å²) in [4.78, 5) is 25.3. The van der Waals surface area contributed by atoms with Gasteiger partial charge in [0.15, 0.2) is 0 Å². The Kier molecular flexibility index (Phi) is 6.54. The summed E-state index contributed by atoms with van der Waals surface area (Å²) >= 11 is 0. The molecule has 0 amide bonds. The van der Waals surface area contributed by atoms with Gasteiger partial charge in [-0.05, 0) is 24.3 Å². The predicted octanol–water partition coefficient (Wildman–Crippen LogP) is 3.49. The van der Waals surface area contributed by atoms with Crippen molar-refractivity contribution in [2.24, 2.45) is 0 Å². The second-order valence-electron chi connectivity index (χ2n) is 6.07. The Balaban J connectivity index is 2.76. The van der Waals surface area contributed by atoms with Crippen LogP contribution in [0.25, 0.3) is 0 Å². The van der Waals surface area contributed by atoms with Crippen LogP contribution < -0.4 is 4.90 Å². The lowest BCUT2D eigenvalue weighted by atomic mass is 9.91. The first-order valence-corrected chi connectivity index (χ1v) is 8.31. The first-order valence-electron chi connectivity index (χ1n) is 8.31. The third-order valence-corrected chi connectivity index (χ3v) is 4.25. The summed E-state index contributed by atoms with van der Waals surface area (Å²) in [5.41, 5.74) is -8.01. The van der Waals surface area contributed by atoms with Gasteiger partial charge in [0, 0.05) is 17.5 Å². The van der Waals surface area contributed by atoms with Crippen LogP contribution in [0.2, 0.25) is 0 Å². The molecule has 0 bridgehead atoms. The predicted molar refractivity (Wildman–Crippen MR) is 94.3 cm³/mol. The number of halogens is 6. The molecule has 0 aliphatic carbocycles. The number of nitrogens with zero attached hydrogens (tertiary/aromatic N) is 1. The molecule has 0 unspecified atom stereocenters. The number of hydrogen-bond acceptors (Lipinski definition) is 6. The zero-order chi connectivity index (χ0) is 23.6. The number of rotatable bonds is 4. The highest BCUT2D eigenvalue weighted by molar-refractivity contribution is 6.05. The van der Waals surface area contributed by atoms with Crippen LogP contribution in [0.3, 0.4) is 0 Å². The standard InChI is InChI=1S/C19H15F6NO5/c1-30-15(27)13-8-3-4-9-26(14(13)16(28)31-2)12-7-5-6-11(10-12)17(29,18(20,21)22)19(23,24)25/h3-10,29H,1-2H3. The molecular weight excluding hydrogens is 436 g/mol. The summed E-state index contributed by atoms with van der Waals surface area (Å²) < 4.78 is 88.7. The zero-order valence-corrected chi connectivity index (χ0v) is 15.9. The van der Waals surface area contributed by atoms with Crippen molar-refractivity contribution in [2.45, 2.75) is 18.0 Å². The maximum Gasteiger partial charge on any atom is 0.430 e. The van der Waals surface area contributed by atoms with Gasteiger partial charge in [-0.15, -0.1) is 0 Å². The van der Waals surface area contributed by atoms with Gasteiger partial charge in [0.05, 0.1) is 19.8 Å². The van der Waals surface area contributed by atoms with E-state index in [2.05, 4.69) is 9.47 Å². The monoisotopic (exact) mass is 451 g/mol. The summed E-state index contributed by atoms with van der Waals surface area (Å²) in [6, 6.07) is 2.73. The van der Waals surface area contributed by atoms with E-state index in [1.807, 2.05) is 0 Å². The average molecular weight is 451 g/mol. The van der Waals surface area contributed by atoms with E-state index in [0.717, 1.165) is 43.5 Å². The van der Waals surface area contributed by atoms with Crippen molar-refractivity contribution in [1.29, 1.82) is 0 Å². The van der Waals surface area contributed by atoms with E-state index >= 15 is 0 Å². The van der Waals surface area contributed by atoms with Gasteiger partial charge in [0.2, 0.25) is 0 Å². The number of carbonyl (C=O) groups excluding carboxylic acids is 2. The van der Waals surface area contributed by atoms with Crippen LogP contribution in [0.1, 0.15) is 5.56 Å². The molecule has 12 heteroatoms. The van der Waals surface area contributed by atoms with Gasteiger partial charge in [-0.25, -0.2) is 9.59 Å². The van der Waals surface area contributed by atoms with Gasteiger partial charge in [0.25, 0.3) is 5.60 Å². The molecule has 6 nitrogen and oxygen atoms in total. The smallest absolute Gasteiger partial charge is 0.430 e. The highest BCUT2D eigenvalue weighted by atomic mass is 19.4. The number of esters is 2. The Hall–Kier alpha value is -3.28. The molecule has 0 atom stereocenters. The van der Waals surface area contributed by atoms with Crippen LogP contribution >= 0.6 is 0 Å². The minimum absolute atomic E-state index is 0.369. The number of allylic oxidation sites excluding steroid dienone is 2. The fraction of sp³-hybridized carbons (Fsp3) is 0.263. The van der Waals surface area contributed by atoms with Gasteiger partial charge in [-0.3, -0.25) is 0 Å². The molecule has 1 aromatic rings. The number of anilines is 1. The fourth-order valence-corrected chi connectivity index (χ4v) is 2.73. The lowest BCUT2D eigenvalue weighted by Gasteiger charge is -2.33. The molecule has 1 heterocycles. The number of ether oxygens (including phenoxy) is 2. The topological polar surface area (TPSA) is 76.1 Å². The number of hydrogen-bond donors (Lipinski definition) is 1. The van der Waals surface area contributed by atoms with Crippen LogP contribution in [-0.4, -0.2) is 43.6 Å². The van der Waals surface area contributed by atoms with Crippen molar-refractivity contribution in [3.05, 3.63) is 65.5 Å². The van der Waals surface area contributed by atoms with Crippen LogP contribution in [0, 0.1) is 0 Å². The van der Waals surface area contributed by atoms with E-state index in [4.69, 9.17) is 0 Å². The second kappa shape index (κ2) is 8.46. The van der Waals surface area contributed by atoms with E-state index in [9.17, 15) is 41.0 Å². The first-order chi connectivity index (χ1) is 14.3. The number of alkyl halides is 6. The number of aliphatic hydroxyl groups is 1. The maximum absolute atomic E-state index is 13.2.